The average Bonchev–Trinajstić information content (AvgIpc) is 3.71. The summed E-state index contributed by atoms with van der Waals surface area (Å²) in [4.78, 5) is 30.1. The first kappa shape index (κ1) is 29.1. The molecule has 1 spiro atoms. The molecule has 3 fully saturated rings. The zero-order valence-corrected chi connectivity index (χ0v) is 24.3. The largest absolute Gasteiger partial charge is 0.371 e. The number of benzene rings is 2. The van der Waals surface area contributed by atoms with E-state index in [1.165, 1.54) is 19.9 Å². The number of sulfonamides is 1. The van der Waals surface area contributed by atoms with E-state index >= 15 is 0 Å². The van der Waals surface area contributed by atoms with Crippen LogP contribution in [0.4, 0.5) is 31.5 Å². The summed E-state index contributed by atoms with van der Waals surface area (Å²) in [6, 6.07) is 9.75. The summed E-state index contributed by atoms with van der Waals surface area (Å²) >= 11 is 0. The van der Waals surface area contributed by atoms with Crippen LogP contribution in [0.5, 0.6) is 0 Å². The third kappa shape index (κ3) is 6.58. The monoisotopic (exact) mass is 589 g/mol. The smallest absolute Gasteiger partial charge is 0.257 e. The maximum Gasteiger partial charge on any atom is 0.257 e. The third-order valence-electron chi connectivity index (χ3n) is 8.58. The molecule has 1 saturated carbocycles. The van der Waals surface area contributed by atoms with Crippen LogP contribution < -0.4 is 25.2 Å². The van der Waals surface area contributed by atoms with Crippen molar-refractivity contribution >= 4 is 44.6 Å². The van der Waals surface area contributed by atoms with E-state index in [9.17, 15) is 26.8 Å². The van der Waals surface area contributed by atoms with Gasteiger partial charge >= 0.3 is 0 Å². The van der Waals surface area contributed by atoms with E-state index in [2.05, 4.69) is 20.3 Å². The van der Waals surface area contributed by atoms with Crippen LogP contribution in [0.25, 0.3) is 0 Å². The minimum absolute atomic E-state index is 0.0696. The lowest BCUT2D eigenvalue weighted by Gasteiger charge is -2.35. The van der Waals surface area contributed by atoms with E-state index in [-0.39, 0.29) is 43.5 Å². The van der Waals surface area contributed by atoms with Crippen molar-refractivity contribution in [3.05, 3.63) is 47.5 Å². The van der Waals surface area contributed by atoms with E-state index in [1.807, 2.05) is 0 Å². The Morgan fingerprint density at radius 1 is 0.805 bits per heavy atom. The predicted molar refractivity (Wildman–Crippen MR) is 157 cm³/mol. The minimum Gasteiger partial charge on any atom is -0.371 e. The van der Waals surface area contributed by atoms with Gasteiger partial charge in [0, 0.05) is 51.8 Å². The van der Waals surface area contributed by atoms with Gasteiger partial charge in [0.25, 0.3) is 17.7 Å². The van der Waals surface area contributed by atoms with Gasteiger partial charge < -0.3 is 20.4 Å². The molecule has 222 valence electrons. The van der Waals surface area contributed by atoms with E-state index in [4.69, 9.17) is 0 Å². The highest BCUT2D eigenvalue weighted by molar-refractivity contribution is 7.92. The fourth-order valence-electron chi connectivity index (χ4n) is 5.67. The molecule has 0 bridgehead atoms. The van der Waals surface area contributed by atoms with Gasteiger partial charge in [-0.15, -0.1) is 0 Å². The number of carbonyl (C=O) groups is 2. The zero-order valence-electron chi connectivity index (χ0n) is 23.4. The molecule has 5 rings (SSSR count). The van der Waals surface area contributed by atoms with Crippen molar-refractivity contribution in [2.45, 2.75) is 51.4 Å². The second-order valence-electron chi connectivity index (χ2n) is 11.3. The number of anilines is 4. The van der Waals surface area contributed by atoms with Crippen molar-refractivity contribution < 1.29 is 26.8 Å². The molecule has 2 saturated heterocycles. The van der Waals surface area contributed by atoms with Crippen LogP contribution in [0.2, 0.25) is 0 Å². The zero-order chi connectivity index (χ0) is 29.4. The Morgan fingerprint density at radius 3 is 1.85 bits per heavy atom. The highest BCUT2D eigenvalue weighted by Crippen LogP contribution is 2.54. The van der Waals surface area contributed by atoms with Gasteiger partial charge in [0.05, 0.1) is 33.9 Å². The fraction of sp³-hybridized carbons (Fsp3) is 0.517. The molecule has 12 heteroatoms. The Morgan fingerprint density at radius 2 is 1.32 bits per heavy atom. The van der Waals surface area contributed by atoms with Gasteiger partial charge in [0.1, 0.15) is 0 Å². The number of carbonyl (C=O) groups excluding carboxylic acids is 2. The van der Waals surface area contributed by atoms with Crippen molar-refractivity contribution in [2.75, 3.05) is 58.8 Å². The summed E-state index contributed by atoms with van der Waals surface area (Å²) in [7, 11) is -2.00. The number of hydrogen-bond acceptors (Lipinski definition) is 6. The number of piperidine rings is 2. The summed E-state index contributed by atoms with van der Waals surface area (Å²) in [5.41, 5.74) is 3.10. The van der Waals surface area contributed by atoms with Crippen molar-refractivity contribution in [2.24, 2.45) is 5.41 Å². The number of nitrogens with zero attached hydrogens (tertiary/aromatic N) is 2. The van der Waals surface area contributed by atoms with Gasteiger partial charge in [0.15, 0.2) is 0 Å². The molecule has 2 amide bonds. The van der Waals surface area contributed by atoms with Crippen LogP contribution in [0.15, 0.2) is 36.4 Å². The summed E-state index contributed by atoms with van der Waals surface area (Å²) < 4.78 is 54.7. The molecule has 1 aliphatic carbocycles. The number of hydrogen-bond donors (Lipinski definition) is 3. The van der Waals surface area contributed by atoms with Crippen LogP contribution in [0.1, 0.15) is 66.2 Å². The van der Waals surface area contributed by atoms with E-state index in [0.29, 0.717) is 39.3 Å². The molecule has 3 N–H and O–H groups in total. The molecule has 41 heavy (non-hydrogen) atoms. The van der Waals surface area contributed by atoms with E-state index in [1.54, 1.807) is 48.2 Å². The molecule has 2 aromatic carbocycles. The van der Waals surface area contributed by atoms with Crippen molar-refractivity contribution in [3.8, 4) is 0 Å². The Labute approximate surface area is 239 Å². The summed E-state index contributed by atoms with van der Waals surface area (Å²) in [6.07, 6.45) is 3.88. The highest BCUT2D eigenvalue weighted by atomic mass is 32.2. The van der Waals surface area contributed by atoms with Crippen molar-refractivity contribution in [3.63, 3.8) is 0 Å². The summed E-state index contributed by atoms with van der Waals surface area (Å²) in [5, 5.41) is 5.50. The normalized spacial score (nSPS) is 19.5. The van der Waals surface area contributed by atoms with E-state index < -0.39 is 15.9 Å². The molecule has 0 radical (unpaired) electrons. The maximum atomic E-state index is 13.8. The summed E-state index contributed by atoms with van der Waals surface area (Å²) in [5.74, 6) is -3.54. The van der Waals surface area contributed by atoms with E-state index in [0.717, 1.165) is 25.9 Å². The van der Waals surface area contributed by atoms with Crippen LogP contribution in [0, 0.1) is 5.41 Å². The van der Waals surface area contributed by atoms with Gasteiger partial charge in [0.2, 0.25) is 10.0 Å². The molecule has 0 atom stereocenters. The second-order valence-corrected chi connectivity index (χ2v) is 13.3. The molecule has 2 aliphatic heterocycles. The lowest BCUT2D eigenvalue weighted by molar-refractivity contribution is -0.0220. The standard InChI is InChI=1S/C29H37F2N5O4S/c1-3-41(39,40)34-21-5-7-23(25(19-21)35-14-10-28(8-9-28)11-15-35)27(38)33-20-4-6-22(26(37)32-2)24(18-20)36-16-12-29(30,31)13-17-36/h4-7,18-19,34H,3,8-17H2,1-2H3,(H,32,37)(H,33,38). The molecular formula is C29H37F2N5O4S. The number of alkyl halides is 2. The first-order valence-corrected chi connectivity index (χ1v) is 15.8. The molecule has 2 aromatic rings. The first-order chi connectivity index (χ1) is 19.4. The lowest BCUT2D eigenvalue weighted by atomic mass is 9.93. The first-order valence-electron chi connectivity index (χ1n) is 14.1. The maximum absolute atomic E-state index is 13.8. The van der Waals surface area contributed by atoms with Crippen LogP contribution in [0.3, 0.4) is 0 Å². The molecule has 0 unspecified atom stereocenters. The van der Waals surface area contributed by atoms with Gasteiger partial charge in [-0.1, -0.05) is 0 Å². The fourth-order valence-corrected chi connectivity index (χ4v) is 6.30. The SMILES string of the molecule is CCS(=O)(=O)Nc1ccc(C(=O)Nc2ccc(C(=O)NC)c(N3CCC(F)(F)CC3)c2)c(N2CCC3(CC2)CC3)c1. The quantitative estimate of drug-likeness (QED) is 0.413. The number of halogens is 2. The Kier molecular flexibility index (Phi) is 7.88. The molecule has 0 aromatic heterocycles. The molecule has 3 aliphatic rings. The minimum atomic E-state index is -3.50. The average molecular weight is 590 g/mol. The Bertz CT molecular complexity index is 1420. The lowest BCUT2D eigenvalue weighted by Crippen LogP contribution is -2.40. The second kappa shape index (κ2) is 11.1. The number of amides is 2. The van der Waals surface area contributed by atoms with Crippen LogP contribution >= 0.6 is 0 Å². The van der Waals surface area contributed by atoms with Gasteiger partial charge in [-0.2, -0.15) is 0 Å². The topological polar surface area (TPSA) is 111 Å². The van der Waals surface area contributed by atoms with Gasteiger partial charge in [-0.05, 0) is 74.4 Å². The van der Waals surface area contributed by atoms with Crippen LogP contribution in [-0.2, 0) is 10.0 Å². The van der Waals surface area contributed by atoms with Gasteiger partial charge in [-0.25, -0.2) is 17.2 Å². The van der Waals surface area contributed by atoms with Crippen molar-refractivity contribution in [1.29, 1.82) is 0 Å². The van der Waals surface area contributed by atoms with Crippen LogP contribution in [-0.4, -0.2) is 65.1 Å². The number of nitrogens with one attached hydrogen (secondary N) is 3. The summed E-state index contributed by atoms with van der Waals surface area (Å²) in [6.45, 7) is 3.28. The van der Waals surface area contributed by atoms with Crippen molar-refractivity contribution in [1.82, 2.24) is 5.32 Å². The van der Waals surface area contributed by atoms with Gasteiger partial charge in [-0.3, -0.25) is 14.3 Å². The number of rotatable bonds is 8. The molecular weight excluding hydrogens is 552 g/mol. The molecule has 2 heterocycles. The third-order valence-corrected chi connectivity index (χ3v) is 9.89. The highest BCUT2D eigenvalue weighted by Gasteiger charge is 2.44. The predicted octanol–water partition coefficient (Wildman–Crippen LogP) is 4.68. The Hall–Kier alpha value is -3.41. The molecule has 9 nitrogen and oxygen atoms in total. The Balaban J connectivity index is 1.43.